The van der Waals surface area contributed by atoms with Gasteiger partial charge >= 0.3 is 0 Å². The zero-order valence-electron chi connectivity index (χ0n) is 7.96. The highest BCUT2D eigenvalue weighted by molar-refractivity contribution is 5.78. The molecule has 0 atom stereocenters. The second-order valence-electron chi connectivity index (χ2n) is 3.86. The molecule has 0 bridgehead atoms. The van der Waals surface area contributed by atoms with Crippen LogP contribution in [0.2, 0.25) is 0 Å². The number of halogens is 1. The maximum atomic E-state index is 13.3. The molecular weight excluding hydrogens is 195 g/mol. The zero-order chi connectivity index (χ0) is 10.4. The fourth-order valence-corrected chi connectivity index (χ4v) is 1.72. The second-order valence-corrected chi connectivity index (χ2v) is 3.86. The fraction of sp³-hybridized carbons (Fsp3) is 0.273. The van der Waals surface area contributed by atoms with Gasteiger partial charge in [0.25, 0.3) is 5.56 Å². The van der Waals surface area contributed by atoms with E-state index in [4.69, 9.17) is 0 Å². The summed E-state index contributed by atoms with van der Waals surface area (Å²) in [6.45, 7) is 0. The predicted octanol–water partition coefficient (Wildman–Crippen LogP) is 1.94. The van der Waals surface area contributed by atoms with Crippen molar-refractivity contribution in [3.8, 4) is 0 Å². The van der Waals surface area contributed by atoms with Crippen LogP contribution in [0.15, 0.2) is 23.0 Å². The molecule has 3 rings (SSSR count). The van der Waals surface area contributed by atoms with Crippen LogP contribution in [-0.2, 0) is 0 Å². The molecule has 0 saturated heterocycles. The molecule has 0 spiro atoms. The van der Waals surface area contributed by atoms with Crippen LogP contribution < -0.4 is 5.56 Å². The topological polar surface area (TPSA) is 45.8 Å². The Kier molecular flexibility index (Phi) is 1.65. The normalized spacial score (nSPS) is 15.8. The third-order valence-electron chi connectivity index (χ3n) is 2.67. The highest BCUT2D eigenvalue weighted by Crippen LogP contribution is 2.37. The number of rotatable bonds is 1. The Balaban J connectivity index is 2.36. The fourth-order valence-electron chi connectivity index (χ4n) is 1.72. The Morgan fingerprint density at radius 2 is 2.20 bits per heavy atom. The summed E-state index contributed by atoms with van der Waals surface area (Å²) >= 11 is 0. The lowest BCUT2D eigenvalue weighted by molar-refractivity contribution is 0.638. The van der Waals surface area contributed by atoms with E-state index in [1.54, 1.807) is 12.1 Å². The number of fused-ring (bicyclic) bond motifs is 1. The van der Waals surface area contributed by atoms with Crippen molar-refractivity contribution in [1.82, 2.24) is 9.97 Å². The lowest BCUT2D eigenvalue weighted by Gasteiger charge is -2.01. The smallest absolute Gasteiger partial charge is 0.261 e. The number of nitrogens with one attached hydrogen (secondary N) is 1. The van der Waals surface area contributed by atoms with Crippen molar-refractivity contribution in [3.63, 3.8) is 0 Å². The molecule has 0 radical (unpaired) electrons. The minimum atomic E-state index is -0.511. The van der Waals surface area contributed by atoms with Crippen LogP contribution in [0, 0.1) is 5.82 Å². The summed E-state index contributed by atoms with van der Waals surface area (Å²) in [6.07, 6.45) is 2.12. The molecule has 1 aromatic carbocycles. The van der Waals surface area contributed by atoms with E-state index >= 15 is 0 Å². The van der Waals surface area contributed by atoms with Crippen LogP contribution in [0.4, 0.5) is 4.39 Å². The Bertz CT molecular complexity index is 587. The minimum absolute atomic E-state index is 0.0573. The number of aromatic amines is 1. The molecule has 2 aromatic rings. The van der Waals surface area contributed by atoms with Crippen molar-refractivity contribution in [2.75, 3.05) is 0 Å². The summed E-state index contributed by atoms with van der Waals surface area (Å²) in [7, 11) is 0. The van der Waals surface area contributed by atoms with E-state index in [1.807, 2.05) is 0 Å². The van der Waals surface area contributed by atoms with Gasteiger partial charge in [-0.25, -0.2) is 9.37 Å². The first kappa shape index (κ1) is 8.59. The van der Waals surface area contributed by atoms with E-state index in [0.29, 0.717) is 17.3 Å². The number of benzene rings is 1. The van der Waals surface area contributed by atoms with Gasteiger partial charge in [-0.2, -0.15) is 0 Å². The summed E-state index contributed by atoms with van der Waals surface area (Å²) in [4.78, 5) is 18.5. The SMILES string of the molecule is O=c1[nH]c(C2CC2)nc2cccc(F)c12. The van der Waals surface area contributed by atoms with Gasteiger partial charge < -0.3 is 4.98 Å². The van der Waals surface area contributed by atoms with Crippen molar-refractivity contribution in [2.45, 2.75) is 18.8 Å². The Labute approximate surface area is 85.0 Å². The molecule has 1 aliphatic carbocycles. The Morgan fingerprint density at radius 3 is 2.93 bits per heavy atom. The summed E-state index contributed by atoms with van der Waals surface area (Å²) in [5, 5.41) is 0.0573. The molecular formula is C11H9FN2O. The van der Waals surface area contributed by atoms with Crippen LogP contribution in [0.25, 0.3) is 10.9 Å². The quantitative estimate of drug-likeness (QED) is 0.771. The van der Waals surface area contributed by atoms with E-state index in [2.05, 4.69) is 9.97 Å². The molecule has 0 aliphatic heterocycles. The van der Waals surface area contributed by atoms with Crippen molar-refractivity contribution in [3.05, 3.63) is 40.2 Å². The van der Waals surface area contributed by atoms with Crippen LogP contribution in [0.5, 0.6) is 0 Å². The molecule has 1 fully saturated rings. The van der Waals surface area contributed by atoms with Gasteiger partial charge in [0.1, 0.15) is 17.0 Å². The largest absolute Gasteiger partial charge is 0.310 e. The van der Waals surface area contributed by atoms with E-state index in [9.17, 15) is 9.18 Å². The van der Waals surface area contributed by atoms with Crippen molar-refractivity contribution >= 4 is 10.9 Å². The first-order chi connectivity index (χ1) is 7.25. The van der Waals surface area contributed by atoms with E-state index in [-0.39, 0.29) is 10.9 Å². The maximum absolute atomic E-state index is 13.3. The van der Waals surface area contributed by atoms with E-state index < -0.39 is 5.82 Å². The minimum Gasteiger partial charge on any atom is -0.310 e. The van der Waals surface area contributed by atoms with E-state index in [1.165, 1.54) is 6.07 Å². The third-order valence-corrected chi connectivity index (χ3v) is 2.67. The number of H-pyrrole nitrogens is 1. The van der Waals surface area contributed by atoms with Gasteiger partial charge in [0.05, 0.1) is 5.52 Å². The van der Waals surface area contributed by atoms with Crippen LogP contribution in [0.3, 0.4) is 0 Å². The maximum Gasteiger partial charge on any atom is 0.261 e. The molecule has 0 unspecified atom stereocenters. The molecule has 1 aromatic heterocycles. The third kappa shape index (κ3) is 1.33. The summed E-state index contributed by atoms with van der Waals surface area (Å²) < 4.78 is 13.3. The average Bonchev–Trinajstić information content (AvgIpc) is 3.00. The van der Waals surface area contributed by atoms with Crippen LogP contribution >= 0.6 is 0 Å². The average molecular weight is 204 g/mol. The predicted molar refractivity (Wildman–Crippen MR) is 54.3 cm³/mol. The Hall–Kier alpha value is -1.71. The first-order valence-electron chi connectivity index (χ1n) is 4.94. The van der Waals surface area contributed by atoms with E-state index in [0.717, 1.165) is 12.8 Å². The van der Waals surface area contributed by atoms with Gasteiger partial charge in [-0.15, -0.1) is 0 Å². The molecule has 0 amide bonds. The number of hydrogen-bond acceptors (Lipinski definition) is 2. The monoisotopic (exact) mass is 204 g/mol. The highest BCUT2D eigenvalue weighted by Gasteiger charge is 2.26. The first-order valence-corrected chi connectivity index (χ1v) is 4.94. The lowest BCUT2D eigenvalue weighted by atomic mass is 10.2. The summed E-state index contributed by atoms with van der Waals surface area (Å²) in [5.74, 6) is 0.548. The number of nitrogens with zero attached hydrogens (tertiary/aromatic N) is 1. The van der Waals surface area contributed by atoms with Gasteiger partial charge in [-0.1, -0.05) is 6.07 Å². The molecule has 15 heavy (non-hydrogen) atoms. The molecule has 76 valence electrons. The lowest BCUT2D eigenvalue weighted by Crippen LogP contribution is -2.12. The molecule has 4 heteroatoms. The summed E-state index contributed by atoms with van der Waals surface area (Å²) in [5.41, 5.74) is 0.0700. The van der Waals surface area contributed by atoms with Gasteiger partial charge in [-0.05, 0) is 25.0 Å². The molecule has 1 aliphatic rings. The van der Waals surface area contributed by atoms with Crippen molar-refractivity contribution in [1.29, 1.82) is 0 Å². The number of aromatic nitrogens is 2. The molecule has 1 N–H and O–H groups in total. The van der Waals surface area contributed by atoms with Gasteiger partial charge in [0.15, 0.2) is 0 Å². The highest BCUT2D eigenvalue weighted by atomic mass is 19.1. The standard InChI is InChI=1S/C11H9FN2O/c12-7-2-1-3-8-9(7)11(15)14-10(13-8)6-4-5-6/h1-3,6H,4-5H2,(H,13,14,15). The van der Waals surface area contributed by atoms with Crippen LogP contribution in [-0.4, -0.2) is 9.97 Å². The molecule has 1 saturated carbocycles. The number of hydrogen-bond donors (Lipinski definition) is 1. The van der Waals surface area contributed by atoms with Gasteiger partial charge in [0, 0.05) is 5.92 Å². The van der Waals surface area contributed by atoms with Gasteiger partial charge in [-0.3, -0.25) is 4.79 Å². The summed E-state index contributed by atoms with van der Waals surface area (Å²) in [6, 6.07) is 4.51. The Morgan fingerprint density at radius 1 is 1.40 bits per heavy atom. The zero-order valence-corrected chi connectivity index (χ0v) is 7.96. The second kappa shape index (κ2) is 2.89. The van der Waals surface area contributed by atoms with Crippen molar-refractivity contribution < 1.29 is 4.39 Å². The molecule has 1 heterocycles. The van der Waals surface area contributed by atoms with Crippen LogP contribution in [0.1, 0.15) is 24.6 Å². The molecule has 3 nitrogen and oxygen atoms in total. The van der Waals surface area contributed by atoms with Gasteiger partial charge in [0.2, 0.25) is 0 Å². The van der Waals surface area contributed by atoms with Crippen molar-refractivity contribution in [2.24, 2.45) is 0 Å².